The van der Waals surface area contributed by atoms with E-state index in [1.807, 2.05) is 5.38 Å². The van der Waals surface area contributed by atoms with Crippen molar-refractivity contribution in [1.82, 2.24) is 15.0 Å². The fraction of sp³-hybridized carbons (Fsp3) is 0.438. The molecule has 1 aliphatic rings. The zero-order valence-corrected chi connectivity index (χ0v) is 17.7. The van der Waals surface area contributed by atoms with Crippen LogP contribution in [0.1, 0.15) is 19.0 Å². The summed E-state index contributed by atoms with van der Waals surface area (Å²) in [6.45, 7) is 2.33. The third-order valence-corrected chi connectivity index (χ3v) is 6.51. The van der Waals surface area contributed by atoms with Crippen LogP contribution in [0, 0.1) is 11.6 Å². The summed E-state index contributed by atoms with van der Waals surface area (Å²) in [5, 5.41) is 5.66. The average molecular weight is 460 g/mol. The molecule has 0 saturated carbocycles. The molecule has 0 aliphatic carbocycles. The number of thiazole rings is 1. The summed E-state index contributed by atoms with van der Waals surface area (Å²) in [6, 6.07) is 3.09. The van der Waals surface area contributed by atoms with Crippen molar-refractivity contribution in [3.05, 3.63) is 40.9 Å². The van der Waals surface area contributed by atoms with Gasteiger partial charge in [0.15, 0.2) is 0 Å². The lowest BCUT2D eigenvalue weighted by Gasteiger charge is -2.19. The lowest BCUT2D eigenvalue weighted by Crippen LogP contribution is -2.45. The van der Waals surface area contributed by atoms with E-state index < -0.39 is 21.7 Å². The SMILES string of the molecule is CCS(=O)(=O)N[C@H]1CCN[C@H]1Cc1csc(-c2cc(F)cc(F)c2)n1.Cl.Cl. The van der Waals surface area contributed by atoms with Gasteiger partial charge < -0.3 is 5.32 Å². The summed E-state index contributed by atoms with van der Waals surface area (Å²) in [5.41, 5.74) is 1.17. The molecule has 11 heteroatoms. The van der Waals surface area contributed by atoms with Crippen LogP contribution in [0.15, 0.2) is 23.6 Å². The smallest absolute Gasteiger partial charge is 0.211 e. The van der Waals surface area contributed by atoms with Gasteiger partial charge in [-0.2, -0.15) is 0 Å². The third kappa shape index (κ3) is 6.33. The topological polar surface area (TPSA) is 71.1 Å². The molecule has 2 heterocycles. The molecule has 1 aliphatic heterocycles. The van der Waals surface area contributed by atoms with Crippen LogP contribution in [0.4, 0.5) is 8.78 Å². The summed E-state index contributed by atoms with van der Waals surface area (Å²) < 4.78 is 53.0. The van der Waals surface area contributed by atoms with E-state index in [0.29, 0.717) is 17.0 Å². The Morgan fingerprint density at radius 1 is 1.26 bits per heavy atom. The molecule has 1 fully saturated rings. The number of nitrogens with one attached hydrogen (secondary N) is 2. The molecule has 0 unspecified atom stereocenters. The van der Waals surface area contributed by atoms with E-state index in [-0.39, 0.29) is 42.7 Å². The minimum absolute atomic E-state index is 0. The number of nitrogens with zero attached hydrogens (tertiary/aromatic N) is 1. The first-order valence-corrected chi connectivity index (χ1v) is 10.5. The molecule has 0 bridgehead atoms. The van der Waals surface area contributed by atoms with Crippen molar-refractivity contribution in [2.45, 2.75) is 31.8 Å². The predicted molar refractivity (Wildman–Crippen MR) is 108 cm³/mol. The van der Waals surface area contributed by atoms with E-state index in [4.69, 9.17) is 0 Å². The van der Waals surface area contributed by atoms with Gasteiger partial charge in [-0.1, -0.05) is 0 Å². The van der Waals surface area contributed by atoms with Crippen LogP contribution in [0.2, 0.25) is 0 Å². The minimum Gasteiger partial charge on any atom is -0.312 e. The molecule has 27 heavy (non-hydrogen) atoms. The number of benzene rings is 1. The van der Waals surface area contributed by atoms with Crippen LogP contribution in [-0.4, -0.2) is 37.8 Å². The van der Waals surface area contributed by atoms with Crippen molar-refractivity contribution >= 4 is 46.2 Å². The molecule has 1 saturated heterocycles. The van der Waals surface area contributed by atoms with Gasteiger partial charge in [-0.15, -0.1) is 36.2 Å². The number of sulfonamides is 1. The average Bonchev–Trinajstić information content (AvgIpc) is 3.17. The Labute approximate surface area is 173 Å². The molecule has 1 aromatic heterocycles. The number of halogens is 4. The van der Waals surface area contributed by atoms with E-state index >= 15 is 0 Å². The normalized spacial score (nSPS) is 19.4. The Balaban J connectivity index is 0.00000182. The van der Waals surface area contributed by atoms with Gasteiger partial charge in [-0.3, -0.25) is 0 Å². The summed E-state index contributed by atoms with van der Waals surface area (Å²) in [5.74, 6) is -1.24. The van der Waals surface area contributed by atoms with Gasteiger partial charge in [0.25, 0.3) is 0 Å². The number of hydrogen-bond donors (Lipinski definition) is 2. The lowest BCUT2D eigenvalue weighted by molar-refractivity contribution is 0.489. The molecule has 2 N–H and O–H groups in total. The molecule has 2 aromatic rings. The molecule has 1 aromatic carbocycles. The van der Waals surface area contributed by atoms with Gasteiger partial charge in [0.2, 0.25) is 10.0 Å². The Hall–Kier alpha value is -0.840. The molecular weight excluding hydrogens is 439 g/mol. The van der Waals surface area contributed by atoms with E-state index in [2.05, 4.69) is 15.0 Å². The Morgan fingerprint density at radius 3 is 2.56 bits per heavy atom. The van der Waals surface area contributed by atoms with Crippen molar-refractivity contribution in [2.24, 2.45) is 0 Å². The van der Waals surface area contributed by atoms with Crippen LogP contribution in [0.25, 0.3) is 10.6 Å². The summed E-state index contributed by atoms with van der Waals surface area (Å²) in [7, 11) is -3.27. The van der Waals surface area contributed by atoms with Crippen molar-refractivity contribution < 1.29 is 17.2 Å². The second kappa shape index (κ2) is 10.1. The van der Waals surface area contributed by atoms with Crippen molar-refractivity contribution in [1.29, 1.82) is 0 Å². The van der Waals surface area contributed by atoms with Crippen molar-refractivity contribution in [2.75, 3.05) is 12.3 Å². The summed E-state index contributed by atoms with van der Waals surface area (Å²) in [4.78, 5) is 4.45. The number of aromatic nitrogens is 1. The van der Waals surface area contributed by atoms with E-state index in [1.54, 1.807) is 6.92 Å². The first kappa shape index (κ1) is 24.2. The molecule has 0 amide bonds. The third-order valence-electron chi connectivity index (χ3n) is 4.15. The molecule has 3 rings (SSSR count). The van der Waals surface area contributed by atoms with E-state index in [9.17, 15) is 17.2 Å². The molecule has 0 radical (unpaired) electrons. The number of rotatable bonds is 6. The standard InChI is InChI=1S/C16H19F2N3O2S2.2ClH/c1-2-25(22,23)21-14-3-4-19-15(14)8-13-9-24-16(20-13)10-5-11(17)7-12(18)6-10;;/h5-7,9,14-15,19,21H,2-4,8H2,1H3;2*1H/t14-,15-;;/m0../s1. The summed E-state index contributed by atoms with van der Waals surface area (Å²) in [6.07, 6.45) is 1.27. The van der Waals surface area contributed by atoms with Gasteiger partial charge in [-0.25, -0.2) is 26.9 Å². The zero-order chi connectivity index (χ0) is 18.0. The highest BCUT2D eigenvalue weighted by Crippen LogP contribution is 2.26. The Bertz CT molecular complexity index is 845. The minimum atomic E-state index is -3.27. The summed E-state index contributed by atoms with van der Waals surface area (Å²) >= 11 is 1.31. The molecule has 0 spiro atoms. The van der Waals surface area contributed by atoms with Crippen LogP contribution in [0.5, 0.6) is 0 Å². The number of hydrogen-bond acceptors (Lipinski definition) is 5. The van der Waals surface area contributed by atoms with Gasteiger partial charge in [-0.05, 0) is 32.0 Å². The van der Waals surface area contributed by atoms with Gasteiger partial charge in [0.05, 0.1) is 11.4 Å². The van der Waals surface area contributed by atoms with Crippen LogP contribution in [0.3, 0.4) is 0 Å². The second-order valence-corrected chi connectivity index (χ2v) is 8.88. The highest BCUT2D eigenvalue weighted by atomic mass is 35.5. The maximum Gasteiger partial charge on any atom is 0.211 e. The van der Waals surface area contributed by atoms with Gasteiger partial charge >= 0.3 is 0 Å². The lowest BCUT2D eigenvalue weighted by atomic mass is 10.1. The highest BCUT2D eigenvalue weighted by molar-refractivity contribution is 7.89. The molecular formula is C16H21Cl2F2N3O2S2. The molecule has 152 valence electrons. The predicted octanol–water partition coefficient (Wildman–Crippen LogP) is 3.14. The van der Waals surface area contributed by atoms with E-state index in [0.717, 1.165) is 24.7 Å². The van der Waals surface area contributed by atoms with E-state index in [1.165, 1.54) is 23.5 Å². The first-order chi connectivity index (χ1) is 11.9. The van der Waals surface area contributed by atoms with Crippen molar-refractivity contribution in [3.8, 4) is 10.6 Å². The maximum atomic E-state index is 13.4. The maximum absolute atomic E-state index is 13.4. The zero-order valence-electron chi connectivity index (χ0n) is 14.4. The fourth-order valence-corrected chi connectivity index (χ4v) is 4.60. The fourth-order valence-electron chi connectivity index (χ4n) is 2.87. The van der Waals surface area contributed by atoms with Crippen LogP contribution >= 0.6 is 36.2 Å². The quantitative estimate of drug-likeness (QED) is 0.695. The second-order valence-electron chi connectivity index (χ2n) is 5.98. The van der Waals surface area contributed by atoms with Crippen LogP contribution in [-0.2, 0) is 16.4 Å². The molecule has 2 atom stereocenters. The first-order valence-electron chi connectivity index (χ1n) is 8.00. The molecule has 5 nitrogen and oxygen atoms in total. The Morgan fingerprint density at radius 2 is 1.93 bits per heavy atom. The van der Waals surface area contributed by atoms with Gasteiger partial charge in [0.1, 0.15) is 16.6 Å². The largest absolute Gasteiger partial charge is 0.312 e. The van der Waals surface area contributed by atoms with Crippen molar-refractivity contribution in [3.63, 3.8) is 0 Å². The Kier molecular flexibility index (Phi) is 9.04. The van der Waals surface area contributed by atoms with Crippen LogP contribution < -0.4 is 10.0 Å². The van der Waals surface area contributed by atoms with Gasteiger partial charge in [0, 0.05) is 35.5 Å². The highest BCUT2D eigenvalue weighted by Gasteiger charge is 2.30. The monoisotopic (exact) mass is 459 g/mol.